The minimum absolute atomic E-state index is 0.0790. The van der Waals surface area contributed by atoms with Gasteiger partial charge in [0.1, 0.15) is 5.25 Å². The lowest BCUT2D eigenvalue weighted by atomic mass is 10.1. The number of hydrogen-bond donors (Lipinski definition) is 1. The highest BCUT2D eigenvalue weighted by Gasteiger charge is 2.42. The van der Waals surface area contributed by atoms with E-state index in [1.807, 2.05) is 43.3 Å². The average Bonchev–Trinajstić information content (AvgIpc) is 2.95. The fraction of sp³-hybridized carbons (Fsp3) is 0.286. The first-order valence-electron chi connectivity index (χ1n) is 9.03. The predicted octanol–water partition coefficient (Wildman–Crippen LogP) is 2.97. The molecule has 2 aromatic carbocycles. The van der Waals surface area contributed by atoms with Crippen LogP contribution < -0.4 is 4.90 Å². The van der Waals surface area contributed by atoms with Gasteiger partial charge >= 0.3 is 0 Å². The Bertz CT molecular complexity index is 872. The maximum Gasteiger partial charge on any atom is 0.293 e. The zero-order valence-electron chi connectivity index (χ0n) is 15.6. The summed E-state index contributed by atoms with van der Waals surface area (Å²) in [6.07, 6.45) is -0.0790. The highest BCUT2D eigenvalue weighted by Crippen LogP contribution is 2.34. The Balaban J connectivity index is 1.70. The van der Waals surface area contributed by atoms with Crippen LogP contribution in [-0.4, -0.2) is 45.5 Å². The second kappa shape index (κ2) is 9.03. The number of hydrogen-bond acceptors (Lipinski definition) is 5. The first kappa shape index (κ1) is 20.1. The van der Waals surface area contributed by atoms with Gasteiger partial charge in [-0.2, -0.15) is 0 Å². The number of thioether (sulfide) groups is 1. The Morgan fingerprint density at radius 1 is 1.14 bits per heavy atom. The summed E-state index contributed by atoms with van der Waals surface area (Å²) < 4.78 is 0. The molecule has 1 N–H and O–H groups in total. The Morgan fingerprint density at radius 2 is 1.89 bits per heavy atom. The number of imide groups is 1. The summed E-state index contributed by atoms with van der Waals surface area (Å²) in [5.74, 6) is -0.639. The normalized spacial score (nSPS) is 16.5. The smallest absolute Gasteiger partial charge is 0.293 e. The minimum atomic E-state index is -0.752. The number of aliphatic hydroxyl groups excluding tert-OH is 1. The van der Waals surface area contributed by atoms with Gasteiger partial charge in [0.15, 0.2) is 0 Å². The van der Waals surface area contributed by atoms with Crippen LogP contribution in [-0.2, 0) is 16.1 Å². The first-order chi connectivity index (χ1) is 13.5. The Morgan fingerprint density at radius 3 is 2.57 bits per heavy atom. The van der Waals surface area contributed by atoms with Crippen molar-refractivity contribution in [2.45, 2.75) is 25.1 Å². The number of carbonyl (C=O) groups excluding carboxylic acids is 3. The summed E-state index contributed by atoms with van der Waals surface area (Å²) >= 11 is 0.880. The predicted molar refractivity (Wildman–Crippen MR) is 109 cm³/mol. The Hall–Kier alpha value is -2.64. The molecule has 1 unspecified atom stereocenters. The number of amides is 3. The van der Waals surface area contributed by atoms with Gasteiger partial charge in [0, 0.05) is 19.5 Å². The minimum Gasteiger partial charge on any atom is -0.395 e. The van der Waals surface area contributed by atoms with Crippen molar-refractivity contribution in [1.29, 1.82) is 0 Å². The molecule has 28 heavy (non-hydrogen) atoms. The molecule has 0 saturated carbocycles. The largest absolute Gasteiger partial charge is 0.395 e. The molecule has 1 fully saturated rings. The average molecular weight is 398 g/mol. The van der Waals surface area contributed by atoms with Gasteiger partial charge in [0.05, 0.1) is 12.3 Å². The fourth-order valence-corrected chi connectivity index (χ4v) is 4.07. The van der Waals surface area contributed by atoms with E-state index in [9.17, 15) is 19.5 Å². The van der Waals surface area contributed by atoms with Gasteiger partial charge in [-0.1, -0.05) is 42.5 Å². The quantitative estimate of drug-likeness (QED) is 0.776. The molecule has 2 aromatic rings. The lowest BCUT2D eigenvalue weighted by molar-refractivity contribution is -0.133. The zero-order valence-corrected chi connectivity index (χ0v) is 16.4. The van der Waals surface area contributed by atoms with Gasteiger partial charge in [-0.25, -0.2) is 4.90 Å². The molecule has 6 nitrogen and oxygen atoms in total. The molecule has 3 rings (SSSR count). The number of benzene rings is 2. The van der Waals surface area contributed by atoms with Crippen LogP contribution in [0.3, 0.4) is 0 Å². The van der Waals surface area contributed by atoms with E-state index in [0.717, 1.165) is 27.8 Å². The zero-order chi connectivity index (χ0) is 20.1. The van der Waals surface area contributed by atoms with Crippen LogP contribution in [0, 0.1) is 6.92 Å². The molecule has 3 amide bonds. The van der Waals surface area contributed by atoms with Crippen molar-refractivity contribution in [3.8, 4) is 0 Å². The van der Waals surface area contributed by atoms with Crippen molar-refractivity contribution in [2.24, 2.45) is 0 Å². The molecule has 0 spiro atoms. The van der Waals surface area contributed by atoms with Crippen molar-refractivity contribution >= 4 is 34.5 Å². The van der Waals surface area contributed by atoms with Crippen molar-refractivity contribution < 1.29 is 19.5 Å². The van der Waals surface area contributed by atoms with Crippen LogP contribution in [0.4, 0.5) is 10.5 Å². The Labute approximate surface area is 168 Å². The molecule has 7 heteroatoms. The maximum atomic E-state index is 12.8. The second-order valence-corrected chi connectivity index (χ2v) is 7.77. The van der Waals surface area contributed by atoms with Gasteiger partial charge in [0.25, 0.3) is 5.24 Å². The van der Waals surface area contributed by atoms with Crippen LogP contribution in [0.25, 0.3) is 0 Å². The molecule has 1 atom stereocenters. The van der Waals surface area contributed by atoms with Crippen LogP contribution >= 0.6 is 11.8 Å². The summed E-state index contributed by atoms with van der Waals surface area (Å²) in [6, 6.07) is 16.6. The van der Waals surface area contributed by atoms with Gasteiger partial charge in [0.2, 0.25) is 11.8 Å². The summed E-state index contributed by atoms with van der Waals surface area (Å²) in [5.41, 5.74) is 2.40. The van der Waals surface area contributed by atoms with Crippen LogP contribution in [0.1, 0.15) is 17.5 Å². The van der Waals surface area contributed by atoms with E-state index in [1.165, 1.54) is 4.90 Å². The molecule has 0 radical (unpaired) electrons. The van der Waals surface area contributed by atoms with Crippen molar-refractivity contribution in [2.75, 3.05) is 18.1 Å². The van der Waals surface area contributed by atoms with Crippen LogP contribution in [0.15, 0.2) is 54.6 Å². The molecule has 1 saturated heterocycles. The molecule has 146 valence electrons. The molecular formula is C21H22N2O4S. The summed E-state index contributed by atoms with van der Waals surface area (Å²) in [7, 11) is 0. The number of anilines is 1. The van der Waals surface area contributed by atoms with Crippen molar-refractivity contribution in [3.63, 3.8) is 0 Å². The van der Waals surface area contributed by atoms with E-state index in [-0.39, 0.29) is 36.6 Å². The molecular weight excluding hydrogens is 376 g/mol. The highest BCUT2D eigenvalue weighted by molar-refractivity contribution is 8.15. The standard InChI is InChI=1S/C21H22N2O4S/c1-15-6-5-9-17(12-15)23-20(26)18(28-21(23)27)13-19(25)22(10-11-24)14-16-7-3-2-4-8-16/h2-9,12,18,24H,10-11,13-14H2,1H3. The third kappa shape index (κ3) is 4.61. The van der Waals surface area contributed by atoms with E-state index < -0.39 is 5.25 Å². The SMILES string of the molecule is Cc1cccc(N2C(=O)SC(CC(=O)N(CCO)Cc3ccccc3)C2=O)c1. The summed E-state index contributed by atoms with van der Waals surface area (Å²) in [6.45, 7) is 2.24. The van der Waals surface area contributed by atoms with Crippen molar-refractivity contribution in [3.05, 3.63) is 65.7 Å². The molecule has 1 heterocycles. The highest BCUT2D eigenvalue weighted by atomic mass is 32.2. The van der Waals surface area contributed by atoms with Gasteiger partial charge in [-0.3, -0.25) is 14.4 Å². The van der Waals surface area contributed by atoms with Crippen LogP contribution in [0.5, 0.6) is 0 Å². The number of aryl methyl sites for hydroxylation is 1. The Kier molecular flexibility index (Phi) is 6.49. The molecule has 0 aromatic heterocycles. The van der Waals surface area contributed by atoms with Gasteiger partial charge in [-0.05, 0) is 41.9 Å². The monoisotopic (exact) mass is 398 g/mol. The number of carbonyl (C=O) groups is 3. The molecule has 1 aliphatic heterocycles. The van der Waals surface area contributed by atoms with Gasteiger partial charge < -0.3 is 10.0 Å². The first-order valence-corrected chi connectivity index (χ1v) is 9.91. The molecule has 0 bridgehead atoms. The van der Waals surface area contributed by atoms with E-state index in [2.05, 4.69) is 0 Å². The molecule has 0 aliphatic carbocycles. The topological polar surface area (TPSA) is 77.9 Å². The lowest BCUT2D eigenvalue weighted by Gasteiger charge is -2.23. The number of aliphatic hydroxyl groups is 1. The second-order valence-electron chi connectivity index (χ2n) is 6.61. The third-order valence-corrected chi connectivity index (χ3v) is 5.52. The van der Waals surface area contributed by atoms with Crippen molar-refractivity contribution in [1.82, 2.24) is 4.90 Å². The summed E-state index contributed by atoms with van der Waals surface area (Å²) in [4.78, 5) is 40.6. The van der Waals surface area contributed by atoms with E-state index in [4.69, 9.17) is 0 Å². The van der Waals surface area contributed by atoms with E-state index in [0.29, 0.717) is 12.2 Å². The maximum absolute atomic E-state index is 12.8. The fourth-order valence-electron chi connectivity index (χ4n) is 3.09. The van der Waals surface area contributed by atoms with E-state index >= 15 is 0 Å². The lowest BCUT2D eigenvalue weighted by Crippen LogP contribution is -2.37. The van der Waals surface area contributed by atoms with Gasteiger partial charge in [-0.15, -0.1) is 0 Å². The third-order valence-electron chi connectivity index (χ3n) is 4.48. The molecule has 1 aliphatic rings. The van der Waals surface area contributed by atoms with Crippen LogP contribution in [0.2, 0.25) is 0 Å². The number of rotatable bonds is 7. The number of nitrogens with zero attached hydrogens (tertiary/aromatic N) is 2. The van der Waals surface area contributed by atoms with E-state index in [1.54, 1.807) is 18.2 Å². The summed E-state index contributed by atoms with van der Waals surface area (Å²) in [5, 5.41) is 8.18.